The number of benzene rings is 1. The van der Waals surface area contributed by atoms with Crippen LogP contribution in [0.1, 0.15) is 48.2 Å². The van der Waals surface area contributed by atoms with Gasteiger partial charge in [-0.25, -0.2) is 4.79 Å². The summed E-state index contributed by atoms with van der Waals surface area (Å²) >= 11 is 0. The van der Waals surface area contributed by atoms with Crippen LogP contribution in [0.15, 0.2) is 54.7 Å². The lowest BCUT2D eigenvalue weighted by Gasteiger charge is -2.06. The number of alkyl carbamates (subject to hydrolysis) is 1. The van der Waals surface area contributed by atoms with Crippen molar-refractivity contribution < 1.29 is 14.3 Å². The van der Waals surface area contributed by atoms with E-state index in [0.29, 0.717) is 13.0 Å². The van der Waals surface area contributed by atoms with Crippen LogP contribution < -0.4 is 5.32 Å². The predicted octanol–water partition coefficient (Wildman–Crippen LogP) is 4.14. The molecule has 5 heteroatoms. The molecular weight excluding hydrogens is 316 g/mol. The summed E-state index contributed by atoms with van der Waals surface area (Å²) in [6.07, 6.45) is 5.51. The number of unbranched alkanes of at least 4 members (excludes halogenated alkanes) is 3. The summed E-state index contributed by atoms with van der Waals surface area (Å²) in [6, 6.07) is 14.8. The fraction of sp³-hybridized carbons (Fsp3) is 0.350. The number of ketones is 1. The molecule has 2 aromatic rings. The molecule has 1 aromatic heterocycles. The molecule has 0 aliphatic carbocycles. The van der Waals surface area contributed by atoms with Crippen LogP contribution in [-0.2, 0) is 11.3 Å². The maximum atomic E-state index is 11.9. The second kappa shape index (κ2) is 11.0. The van der Waals surface area contributed by atoms with Gasteiger partial charge in [-0.3, -0.25) is 9.78 Å². The third kappa shape index (κ3) is 7.61. The van der Waals surface area contributed by atoms with Crippen LogP contribution in [0.25, 0.3) is 0 Å². The summed E-state index contributed by atoms with van der Waals surface area (Å²) in [5.74, 6) is 0.192. The van der Waals surface area contributed by atoms with E-state index in [1.165, 1.54) is 0 Å². The molecule has 1 amide bonds. The smallest absolute Gasteiger partial charge is 0.407 e. The van der Waals surface area contributed by atoms with Gasteiger partial charge in [-0.15, -0.1) is 0 Å². The number of carbonyl (C=O) groups excluding carboxylic acids is 2. The molecule has 1 N–H and O–H groups in total. The minimum Gasteiger partial charge on any atom is -0.443 e. The zero-order valence-corrected chi connectivity index (χ0v) is 14.3. The minimum absolute atomic E-state index is 0.175. The number of nitrogens with zero attached hydrogens (tertiary/aromatic N) is 1. The first-order valence-corrected chi connectivity index (χ1v) is 8.64. The largest absolute Gasteiger partial charge is 0.443 e. The van der Waals surface area contributed by atoms with Crippen molar-refractivity contribution in [3.05, 3.63) is 66.0 Å². The first-order valence-electron chi connectivity index (χ1n) is 8.64. The molecule has 1 heterocycles. The zero-order chi connectivity index (χ0) is 17.7. The average Bonchev–Trinajstić information content (AvgIpc) is 2.67. The molecular formula is C20H24N2O3. The Morgan fingerprint density at radius 2 is 1.68 bits per heavy atom. The van der Waals surface area contributed by atoms with Gasteiger partial charge < -0.3 is 10.1 Å². The number of aromatic nitrogens is 1. The summed E-state index contributed by atoms with van der Waals surface area (Å²) in [5.41, 5.74) is 1.50. The Morgan fingerprint density at radius 1 is 0.920 bits per heavy atom. The Balaban J connectivity index is 1.46. The fourth-order valence-electron chi connectivity index (χ4n) is 2.40. The predicted molar refractivity (Wildman–Crippen MR) is 96.3 cm³/mol. The molecule has 0 aliphatic rings. The molecule has 0 spiro atoms. The summed E-state index contributed by atoms with van der Waals surface area (Å²) in [7, 11) is 0. The van der Waals surface area contributed by atoms with Crippen LogP contribution in [0.3, 0.4) is 0 Å². The average molecular weight is 340 g/mol. The second-order valence-corrected chi connectivity index (χ2v) is 5.78. The van der Waals surface area contributed by atoms with Crippen molar-refractivity contribution in [3.63, 3.8) is 0 Å². The van der Waals surface area contributed by atoms with Crippen LogP contribution in [0.4, 0.5) is 4.79 Å². The second-order valence-electron chi connectivity index (χ2n) is 5.78. The lowest BCUT2D eigenvalue weighted by atomic mass is 10.0. The molecule has 132 valence electrons. The van der Waals surface area contributed by atoms with Gasteiger partial charge in [-0.2, -0.15) is 0 Å². The third-order valence-electron chi connectivity index (χ3n) is 3.77. The Labute approximate surface area is 148 Å². The Bertz CT molecular complexity index is 645. The molecule has 2 rings (SSSR count). The Morgan fingerprint density at radius 3 is 2.44 bits per heavy atom. The molecule has 0 atom stereocenters. The van der Waals surface area contributed by atoms with E-state index < -0.39 is 6.09 Å². The third-order valence-corrected chi connectivity index (χ3v) is 3.77. The summed E-state index contributed by atoms with van der Waals surface area (Å²) < 4.78 is 5.08. The maximum Gasteiger partial charge on any atom is 0.407 e. The summed E-state index contributed by atoms with van der Waals surface area (Å²) in [5, 5.41) is 2.72. The molecule has 0 unspecified atom stereocenters. The van der Waals surface area contributed by atoms with E-state index in [2.05, 4.69) is 10.3 Å². The highest BCUT2D eigenvalue weighted by Gasteiger charge is 2.05. The highest BCUT2D eigenvalue weighted by atomic mass is 16.5. The number of hydrogen-bond acceptors (Lipinski definition) is 4. The highest BCUT2D eigenvalue weighted by molar-refractivity contribution is 5.95. The molecule has 1 aromatic carbocycles. The van der Waals surface area contributed by atoms with Gasteiger partial charge in [0, 0.05) is 24.7 Å². The van der Waals surface area contributed by atoms with E-state index in [-0.39, 0.29) is 12.4 Å². The standard InChI is InChI=1S/C20H24N2O3/c23-19(17-10-4-3-5-11-17)13-6-1-2-8-15-22-20(24)25-16-18-12-7-9-14-21-18/h3-5,7,9-12,14H,1-2,6,8,13,15-16H2,(H,22,24). The van der Waals surface area contributed by atoms with Gasteiger partial charge >= 0.3 is 6.09 Å². The van der Waals surface area contributed by atoms with E-state index >= 15 is 0 Å². The normalized spacial score (nSPS) is 10.2. The summed E-state index contributed by atoms with van der Waals surface area (Å²) in [4.78, 5) is 27.6. The van der Waals surface area contributed by atoms with Crippen molar-refractivity contribution in [1.82, 2.24) is 10.3 Å². The molecule has 0 radical (unpaired) electrons. The molecule has 0 aliphatic heterocycles. The van der Waals surface area contributed by atoms with E-state index in [1.54, 1.807) is 6.20 Å². The van der Waals surface area contributed by atoms with Gasteiger partial charge in [0.05, 0.1) is 5.69 Å². The molecule has 0 bridgehead atoms. The van der Waals surface area contributed by atoms with Gasteiger partial charge in [-0.05, 0) is 25.0 Å². The van der Waals surface area contributed by atoms with Crippen LogP contribution >= 0.6 is 0 Å². The molecule has 0 saturated carbocycles. The van der Waals surface area contributed by atoms with Crippen molar-refractivity contribution in [1.29, 1.82) is 0 Å². The topological polar surface area (TPSA) is 68.3 Å². The summed E-state index contributed by atoms with van der Waals surface area (Å²) in [6.45, 7) is 0.752. The lowest BCUT2D eigenvalue weighted by molar-refractivity contribution is 0.0979. The Hall–Kier alpha value is -2.69. The minimum atomic E-state index is -0.426. The van der Waals surface area contributed by atoms with Crippen molar-refractivity contribution in [3.8, 4) is 0 Å². The fourth-order valence-corrected chi connectivity index (χ4v) is 2.40. The number of ether oxygens (including phenoxy) is 1. The van der Waals surface area contributed by atoms with Gasteiger partial charge in [0.25, 0.3) is 0 Å². The van der Waals surface area contributed by atoms with Crippen LogP contribution in [-0.4, -0.2) is 23.4 Å². The first kappa shape index (κ1) is 18.6. The maximum absolute atomic E-state index is 11.9. The van der Waals surface area contributed by atoms with Crippen LogP contribution in [0, 0.1) is 0 Å². The van der Waals surface area contributed by atoms with Crippen molar-refractivity contribution in [2.24, 2.45) is 0 Å². The van der Waals surface area contributed by atoms with Gasteiger partial charge in [-0.1, -0.05) is 49.2 Å². The van der Waals surface area contributed by atoms with E-state index in [9.17, 15) is 9.59 Å². The monoisotopic (exact) mass is 340 g/mol. The van der Waals surface area contributed by atoms with E-state index in [4.69, 9.17) is 4.74 Å². The number of pyridine rings is 1. The SMILES string of the molecule is O=C(NCCCCCCC(=O)c1ccccc1)OCc1ccccn1. The molecule has 0 saturated heterocycles. The van der Waals surface area contributed by atoms with Gasteiger partial charge in [0.2, 0.25) is 0 Å². The first-order chi connectivity index (χ1) is 12.3. The molecule has 0 fully saturated rings. The van der Waals surface area contributed by atoms with Crippen LogP contribution in [0.5, 0.6) is 0 Å². The van der Waals surface area contributed by atoms with E-state index in [1.807, 2.05) is 48.5 Å². The Kier molecular flexibility index (Phi) is 8.18. The number of nitrogens with one attached hydrogen (secondary N) is 1. The van der Waals surface area contributed by atoms with Crippen molar-refractivity contribution in [2.45, 2.75) is 38.7 Å². The quantitative estimate of drug-likeness (QED) is 0.521. The number of carbonyl (C=O) groups is 2. The number of amides is 1. The van der Waals surface area contributed by atoms with Crippen LogP contribution in [0.2, 0.25) is 0 Å². The number of Topliss-reactive ketones (excluding diaryl/α,β-unsaturated/α-hetero) is 1. The molecule has 5 nitrogen and oxygen atoms in total. The van der Waals surface area contributed by atoms with Crippen molar-refractivity contribution in [2.75, 3.05) is 6.54 Å². The lowest BCUT2D eigenvalue weighted by Crippen LogP contribution is -2.25. The molecule has 25 heavy (non-hydrogen) atoms. The van der Waals surface area contributed by atoms with E-state index in [0.717, 1.165) is 36.9 Å². The van der Waals surface area contributed by atoms with Crippen molar-refractivity contribution >= 4 is 11.9 Å². The number of hydrogen-bond donors (Lipinski definition) is 1. The number of rotatable bonds is 10. The van der Waals surface area contributed by atoms with Gasteiger partial charge in [0.1, 0.15) is 6.61 Å². The zero-order valence-electron chi connectivity index (χ0n) is 14.3. The highest BCUT2D eigenvalue weighted by Crippen LogP contribution is 2.09. The van der Waals surface area contributed by atoms with Gasteiger partial charge in [0.15, 0.2) is 5.78 Å².